The number of halogens is 1. The van der Waals surface area contributed by atoms with E-state index in [0.717, 1.165) is 16.1 Å². The average molecular weight is 543 g/mol. The summed E-state index contributed by atoms with van der Waals surface area (Å²) in [5.41, 5.74) is 4.62. The number of amides is 1. The van der Waals surface area contributed by atoms with Crippen LogP contribution in [0.3, 0.4) is 0 Å². The monoisotopic (exact) mass is 542 g/mol. The van der Waals surface area contributed by atoms with Gasteiger partial charge in [-0.25, -0.2) is 8.91 Å². The van der Waals surface area contributed by atoms with E-state index in [2.05, 4.69) is 37.0 Å². The summed E-state index contributed by atoms with van der Waals surface area (Å²) in [6.07, 6.45) is 1.21. The van der Waals surface area contributed by atoms with Crippen molar-refractivity contribution in [3.8, 4) is 28.0 Å². The number of hydrogen-bond acceptors (Lipinski definition) is 9. The van der Waals surface area contributed by atoms with E-state index in [1.165, 1.54) is 37.6 Å². The SMILES string of the molecule is CC(C)(O)[C@H](F)CNC(=O)c1cnc(-c2ccc3cc(C#N)cnn23)cc1Nc1ccc(-c2nncs2)cc1. The van der Waals surface area contributed by atoms with Gasteiger partial charge in [-0.15, -0.1) is 10.2 Å². The molecule has 1 aromatic carbocycles. The summed E-state index contributed by atoms with van der Waals surface area (Å²) >= 11 is 1.43. The Bertz CT molecular complexity index is 1670. The smallest absolute Gasteiger partial charge is 0.255 e. The molecule has 0 aliphatic carbocycles. The summed E-state index contributed by atoms with van der Waals surface area (Å²) in [6.45, 7) is 2.32. The molecule has 0 fully saturated rings. The number of carbonyl (C=O) groups is 1. The Hall–Kier alpha value is -4.73. The van der Waals surface area contributed by atoms with Crippen LogP contribution in [0.1, 0.15) is 29.8 Å². The Morgan fingerprint density at radius 3 is 2.69 bits per heavy atom. The van der Waals surface area contributed by atoms with E-state index in [-0.39, 0.29) is 12.1 Å². The van der Waals surface area contributed by atoms with Gasteiger partial charge < -0.3 is 15.7 Å². The zero-order valence-electron chi connectivity index (χ0n) is 21.0. The van der Waals surface area contributed by atoms with Gasteiger partial charge in [0.05, 0.1) is 52.1 Å². The number of nitriles is 1. The van der Waals surface area contributed by atoms with Gasteiger partial charge in [0.2, 0.25) is 0 Å². The first-order chi connectivity index (χ1) is 18.7. The standard InChI is InChI=1S/C27H23FN8O2S/c1-27(2,38)24(28)14-31-25(37)20-13-30-22(23-8-7-19-9-16(11-29)12-33-36(19)23)10-21(20)34-18-5-3-17(4-6-18)26-35-32-15-39-26/h3-10,12-13,15,24,38H,14H2,1-2H3,(H,30,34)(H,31,37)/t24-/m1/s1. The van der Waals surface area contributed by atoms with Crippen molar-refractivity contribution in [3.63, 3.8) is 0 Å². The molecule has 12 heteroatoms. The molecule has 0 bridgehead atoms. The van der Waals surface area contributed by atoms with Gasteiger partial charge in [-0.3, -0.25) is 9.78 Å². The highest BCUT2D eigenvalue weighted by atomic mass is 32.1. The van der Waals surface area contributed by atoms with E-state index >= 15 is 0 Å². The molecule has 39 heavy (non-hydrogen) atoms. The first-order valence-corrected chi connectivity index (χ1v) is 12.8. The van der Waals surface area contributed by atoms with Crippen molar-refractivity contribution in [2.45, 2.75) is 25.6 Å². The zero-order valence-corrected chi connectivity index (χ0v) is 21.8. The van der Waals surface area contributed by atoms with Crippen LogP contribution in [0, 0.1) is 11.3 Å². The summed E-state index contributed by atoms with van der Waals surface area (Å²) in [5, 5.41) is 37.9. The van der Waals surface area contributed by atoms with Gasteiger partial charge in [-0.1, -0.05) is 11.3 Å². The molecule has 1 amide bonds. The maximum Gasteiger partial charge on any atom is 0.255 e. The van der Waals surface area contributed by atoms with Crippen molar-refractivity contribution < 1.29 is 14.3 Å². The van der Waals surface area contributed by atoms with Crippen molar-refractivity contribution in [2.24, 2.45) is 0 Å². The number of aromatic nitrogens is 5. The Morgan fingerprint density at radius 1 is 1.21 bits per heavy atom. The lowest BCUT2D eigenvalue weighted by Gasteiger charge is -2.22. The van der Waals surface area contributed by atoms with Gasteiger partial charge in [0.1, 0.15) is 22.8 Å². The fourth-order valence-corrected chi connectivity index (χ4v) is 4.37. The fraction of sp³-hybridized carbons (Fsp3) is 0.185. The molecule has 0 aliphatic heterocycles. The lowest BCUT2D eigenvalue weighted by Crippen LogP contribution is -2.42. The number of fused-ring (bicyclic) bond motifs is 1. The van der Waals surface area contributed by atoms with E-state index in [9.17, 15) is 19.6 Å². The summed E-state index contributed by atoms with van der Waals surface area (Å²) in [5.74, 6) is -0.550. The van der Waals surface area contributed by atoms with Crippen LogP contribution in [0.4, 0.5) is 15.8 Å². The minimum Gasteiger partial charge on any atom is -0.387 e. The number of nitrogens with zero attached hydrogens (tertiary/aromatic N) is 6. The van der Waals surface area contributed by atoms with Gasteiger partial charge in [-0.05, 0) is 62.4 Å². The average Bonchev–Trinajstić information content (AvgIpc) is 3.61. The second-order valence-corrected chi connectivity index (χ2v) is 10.1. The molecule has 4 aromatic heterocycles. The molecule has 3 N–H and O–H groups in total. The molecule has 4 heterocycles. The predicted octanol–water partition coefficient (Wildman–Crippen LogP) is 4.37. The molecule has 1 atom stereocenters. The minimum absolute atomic E-state index is 0.190. The van der Waals surface area contributed by atoms with Crippen LogP contribution in [0.15, 0.2) is 66.4 Å². The van der Waals surface area contributed by atoms with Crippen LogP contribution in [-0.4, -0.2) is 54.1 Å². The van der Waals surface area contributed by atoms with E-state index in [1.54, 1.807) is 22.2 Å². The van der Waals surface area contributed by atoms with Crippen LogP contribution < -0.4 is 10.6 Å². The molecular weight excluding hydrogens is 519 g/mol. The number of benzene rings is 1. The molecule has 0 saturated heterocycles. The lowest BCUT2D eigenvalue weighted by molar-refractivity contribution is -0.00177. The quantitative estimate of drug-likeness (QED) is 0.263. The fourth-order valence-electron chi connectivity index (χ4n) is 3.81. The van der Waals surface area contributed by atoms with Crippen molar-refractivity contribution >= 4 is 34.1 Å². The first kappa shape index (κ1) is 25.9. The number of carbonyl (C=O) groups excluding carboxylic acids is 1. The number of pyridine rings is 1. The van der Waals surface area contributed by atoms with Gasteiger partial charge >= 0.3 is 0 Å². The minimum atomic E-state index is -1.66. The highest BCUT2D eigenvalue weighted by Crippen LogP contribution is 2.29. The molecule has 0 spiro atoms. The van der Waals surface area contributed by atoms with Crippen molar-refractivity contribution in [2.75, 3.05) is 11.9 Å². The van der Waals surface area contributed by atoms with E-state index < -0.39 is 17.7 Å². The Kier molecular flexibility index (Phi) is 7.02. The topological polar surface area (TPSA) is 141 Å². The van der Waals surface area contributed by atoms with Crippen LogP contribution >= 0.6 is 11.3 Å². The maximum absolute atomic E-state index is 14.3. The number of alkyl halides is 1. The van der Waals surface area contributed by atoms with Gasteiger partial charge in [-0.2, -0.15) is 10.4 Å². The number of hydrogen-bond donors (Lipinski definition) is 3. The second kappa shape index (κ2) is 10.6. The van der Waals surface area contributed by atoms with Gasteiger partial charge in [0, 0.05) is 17.4 Å². The highest BCUT2D eigenvalue weighted by Gasteiger charge is 2.27. The van der Waals surface area contributed by atoms with Crippen LogP contribution in [0.25, 0.3) is 27.5 Å². The Balaban J connectivity index is 1.49. The zero-order chi connectivity index (χ0) is 27.6. The van der Waals surface area contributed by atoms with Gasteiger partial charge in [0.25, 0.3) is 5.91 Å². The molecule has 0 saturated carbocycles. The predicted molar refractivity (Wildman–Crippen MR) is 145 cm³/mol. The highest BCUT2D eigenvalue weighted by molar-refractivity contribution is 7.12. The van der Waals surface area contributed by atoms with Gasteiger partial charge in [0.15, 0.2) is 0 Å². The van der Waals surface area contributed by atoms with Crippen molar-refractivity contribution in [3.05, 3.63) is 77.6 Å². The number of nitrogens with one attached hydrogen (secondary N) is 2. The summed E-state index contributed by atoms with van der Waals surface area (Å²) in [7, 11) is 0. The molecule has 0 unspecified atom stereocenters. The number of aliphatic hydroxyl groups is 1. The second-order valence-electron chi connectivity index (χ2n) is 9.30. The van der Waals surface area contributed by atoms with E-state index in [1.807, 2.05) is 36.4 Å². The molecule has 5 rings (SSSR count). The molecule has 5 aromatic rings. The normalized spacial score (nSPS) is 12.2. The lowest BCUT2D eigenvalue weighted by atomic mass is 10.0. The Labute approximate surface area is 226 Å². The first-order valence-electron chi connectivity index (χ1n) is 11.9. The molecule has 10 nitrogen and oxygen atoms in total. The maximum atomic E-state index is 14.3. The third kappa shape index (κ3) is 5.59. The van der Waals surface area contributed by atoms with Crippen LogP contribution in [0.5, 0.6) is 0 Å². The van der Waals surface area contributed by atoms with E-state index in [0.29, 0.717) is 28.3 Å². The third-order valence-corrected chi connectivity index (χ3v) is 6.76. The van der Waals surface area contributed by atoms with Crippen LogP contribution in [0.2, 0.25) is 0 Å². The summed E-state index contributed by atoms with van der Waals surface area (Å²) in [6, 6.07) is 16.6. The van der Waals surface area contributed by atoms with Crippen LogP contribution in [-0.2, 0) is 0 Å². The Morgan fingerprint density at radius 2 is 2.00 bits per heavy atom. The largest absolute Gasteiger partial charge is 0.387 e. The molecule has 0 radical (unpaired) electrons. The number of rotatable bonds is 8. The van der Waals surface area contributed by atoms with Crippen molar-refractivity contribution in [1.29, 1.82) is 5.26 Å². The van der Waals surface area contributed by atoms with E-state index in [4.69, 9.17) is 0 Å². The summed E-state index contributed by atoms with van der Waals surface area (Å²) in [4.78, 5) is 17.6. The molecule has 196 valence electrons. The molecule has 0 aliphatic rings. The molecular formula is C27H23FN8O2S. The van der Waals surface area contributed by atoms with Crippen molar-refractivity contribution in [1.82, 2.24) is 30.1 Å². The summed E-state index contributed by atoms with van der Waals surface area (Å²) < 4.78 is 16.0. The third-order valence-electron chi connectivity index (χ3n) is 6.02. The number of anilines is 2.